The zero-order valence-corrected chi connectivity index (χ0v) is 13.3. The molecule has 2 heterocycles. The molecule has 1 aromatic carbocycles. The number of hydrogen-bond acceptors (Lipinski definition) is 5. The fourth-order valence-corrected chi connectivity index (χ4v) is 3.04. The molecule has 0 radical (unpaired) electrons. The van der Waals surface area contributed by atoms with Gasteiger partial charge in [0.25, 0.3) is 0 Å². The van der Waals surface area contributed by atoms with Crippen molar-refractivity contribution in [3.05, 3.63) is 64.6 Å². The van der Waals surface area contributed by atoms with E-state index in [1.54, 1.807) is 48.4 Å². The van der Waals surface area contributed by atoms with E-state index in [0.29, 0.717) is 12.1 Å². The molecule has 0 N–H and O–H groups in total. The maximum atomic E-state index is 12.1. The van der Waals surface area contributed by atoms with Crippen LogP contribution in [0.25, 0.3) is 0 Å². The van der Waals surface area contributed by atoms with E-state index in [1.807, 2.05) is 10.6 Å². The lowest BCUT2D eigenvalue weighted by Crippen LogP contribution is -2.16. The van der Waals surface area contributed by atoms with E-state index in [0.717, 1.165) is 23.8 Å². The Morgan fingerprint density at radius 2 is 2.09 bits per heavy atom. The molecule has 0 unspecified atom stereocenters. The Hall–Kier alpha value is -2.34. The quantitative estimate of drug-likeness (QED) is 0.792. The minimum Gasteiger partial charge on any atom is -0.417 e. The van der Waals surface area contributed by atoms with Crippen molar-refractivity contribution in [2.45, 2.75) is 13.0 Å². The maximum absolute atomic E-state index is 12.1. The third-order valence-electron chi connectivity index (χ3n) is 3.39. The van der Waals surface area contributed by atoms with Crippen molar-refractivity contribution < 1.29 is 9.53 Å². The number of carbonyl (C=O) groups is 1. The largest absolute Gasteiger partial charge is 0.417 e. The third-order valence-corrected chi connectivity index (χ3v) is 4.44. The van der Waals surface area contributed by atoms with E-state index in [9.17, 15) is 9.59 Å². The molecule has 0 spiro atoms. The van der Waals surface area contributed by atoms with Gasteiger partial charge in [-0.05, 0) is 12.1 Å². The van der Waals surface area contributed by atoms with Gasteiger partial charge in [0, 0.05) is 37.5 Å². The summed E-state index contributed by atoms with van der Waals surface area (Å²) in [7, 11) is 0. The SMILES string of the molecule is O=C(Oc1cn(CCC2=NCCS2)ccc1=O)c1ccccc1. The number of aliphatic imine (C=N–C) groups is 1. The summed E-state index contributed by atoms with van der Waals surface area (Å²) in [6, 6.07) is 10.0. The first-order valence-corrected chi connectivity index (χ1v) is 8.34. The average Bonchev–Trinajstić information content (AvgIpc) is 3.10. The molecule has 6 heteroatoms. The highest BCUT2D eigenvalue weighted by atomic mass is 32.2. The molecule has 0 amide bonds. The van der Waals surface area contributed by atoms with Gasteiger partial charge in [0.05, 0.1) is 16.8 Å². The monoisotopic (exact) mass is 328 g/mol. The molecule has 118 valence electrons. The molecule has 0 aliphatic carbocycles. The summed E-state index contributed by atoms with van der Waals surface area (Å²) in [6.07, 6.45) is 4.09. The second kappa shape index (κ2) is 7.28. The summed E-state index contributed by atoms with van der Waals surface area (Å²) in [5.74, 6) is 0.554. The van der Waals surface area contributed by atoms with Crippen LogP contribution in [0.4, 0.5) is 0 Å². The summed E-state index contributed by atoms with van der Waals surface area (Å²) in [5.41, 5.74) is 0.108. The first kappa shape index (κ1) is 15.6. The number of aromatic nitrogens is 1. The Balaban J connectivity index is 1.70. The van der Waals surface area contributed by atoms with Gasteiger partial charge in [-0.15, -0.1) is 11.8 Å². The zero-order valence-electron chi connectivity index (χ0n) is 12.5. The Bertz CT molecular complexity index is 784. The van der Waals surface area contributed by atoms with Crippen LogP contribution < -0.4 is 10.2 Å². The normalized spacial score (nSPS) is 13.7. The first-order valence-electron chi connectivity index (χ1n) is 7.36. The van der Waals surface area contributed by atoms with Gasteiger partial charge in [0.15, 0.2) is 5.75 Å². The zero-order chi connectivity index (χ0) is 16.1. The Morgan fingerprint density at radius 3 is 2.83 bits per heavy atom. The number of esters is 1. The topological polar surface area (TPSA) is 60.7 Å². The van der Waals surface area contributed by atoms with Crippen LogP contribution in [0.2, 0.25) is 0 Å². The second-order valence-corrected chi connectivity index (χ2v) is 6.21. The van der Waals surface area contributed by atoms with Crippen molar-refractivity contribution in [2.75, 3.05) is 12.3 Å². The van der Waals surface area contributed by atoms with E-state index < -0.39 is 5.97 Å². The molecule has 1 aliphatic rings. The van der Waals surface area contributed by atoms with Gasteiger partial charge in [-0.3, -0.25) is 9.79 Å². The molecule has 0 bridgehead atoms. The lowest BCUT2D eigenvalue weighted by atomic mass is 10.2. The van der Waals surface area contributed by atoms with Crippen LogP contribution in [-0.4, -0.2) is 27.9 Å². The third kappa shape index (κ3) is 4.10. The highest BCUT2D eigenvalue weighted by molar-refractivity contribution is 8.14. The van der Waals surface area contributed by atoms with Crippen LogP contribution in [-0.2, 0) is 6.54 Å². The van der Waals surface area contributed by atoms with Gasteiger partial charge < -0.3 is 9.30 Å². The van der Waals surface area contributed by atoms with E-state index >= 15 is 0 Å². The van der Waals surface area contributed by atoms with Crippen molar-refractivity contribution in [3.63, 3.8) is 0 Å². The number of carbonyl (C=O) groups excluding carboxylic acids is 1. The number of hydrogen-bond donors (Lipinski definition) is 0. The number of nitrogens with zero attached hydrogens (tertiary/aromatic N) is 2. The summed E-state index contributed by atoms with van der Waals surface area (Å²) < 4.78 is 7.08. The predicted octanol–water partition coefficient (Wildman–Crippen LogP) is 2.60. The minimum absolute atomic E-state index is 0.0439. The van der Waals surface area contributed by atoms with Crippen molar-refractivity contribution in [1.29, 1.82) is 0 Å². The van der Waals surface area contributed by atoms with E-state index in [2.05, 4.69) is 4.99 Å². The number of rotatable bonds is 5. The van der Waals surface area contributed by atoms with Crippen molar-refractivity contribution in [3.8, 4) is 5.75 Å². The Labute approximate surface area is 138 Å². The van der Waals surface area contributed by atoms with Crippen molar-refractivity contribution in [2.24, 2.45) is 4.99 Å². The highest BCUT2D eigenvalue weighted by Crippen LogP contribution is 2.15. The van der Waals surface area contributed by atoms with Gasteiger partial charge in [-0.2, -0.15) is 0 Å². The minimum atomic E-state index is -0.531. The van der Waals surface area contributed by atoms with E-state index in [-0.39, 0.29) is 11.2 Å². The summed E-state index contributed by atoms with van der Waals surface area (Å²) in [6.45, 7) is 1.58. The molecular weight excluding hydrogens is 312 g/mol. The molecule has 3 rings (SSSR count). The fraction of sp³-hybridized carbons (Fsp3) is 0.235. The number of ether oxygens (including phenoxy) is 1. The number of pyridine rings is 1. The van der Waals surface area contributed by atoms with Crippen LogP contribution in [0.15, 0.2) is 58.6 Å². The molecule has 0 atom stereocenters. The molecule has 0 saturated carbocycles. The van der Waals surface area contributed by atoms with Gasteiger partial charge in [0.1, 0.15) is 0 Å². The molecule has 0 saturated heterocycles. The molecule has 0 fully saturated rings. The van der Waals surface area contributed by atoms with Gasteiger partial charge in [-0.25, -0.2) is 4.79 Å². The molecule has 1 aliphatic heterocycles. The predicted molar refractivity (Wildman–Crippen MR) is 91.5 cm³/mol. The van der Waals surface area contributed by atoms with Crippen molar-refractivity contribution in [1.82, 2.24) is 4.57 Å². The summed E-state index contributed by atoms with van der Waals surface area (Å²) in [4.78, 5) is 28.3. The van der Waals surface area contributed by atoms with Gasteiger partial charge in [0.2, 0.25) is 5.43 Å². The van der Waals surface area contributed by atoms with E-state index in [4.69, 9.17) is 4.74 Å². The van der Waals surface area contributed by atoms with E-state index in [1.165, 1.54) is 6.07 Å². The lowest BCUT2D eigenvalue weighted by Gasteiger charge is -2.09. The average molecular weight is 328 g/mol. The van der Waals surface area contributed by atoms with Crippen molar-refractivity contribution >= 4 is 22.8 Å². The van der Waals surface area contributed by atoms with Crippen LogP contribution in [0.3, 0.4) is 0 Å². The molecule has 2 aromatic rings. The number of benzene rings is 1. The first-order chi connectivity index (χ1) is 11.2. The Morgan fingerprint density at radius 1 is 1.26 bits per heavy atom. The second-order valence-electron chi connectivity index (χ2n) is 5.04. The maximum Gasteiger partial charge on any atom is 0.343 e. The smallest absolute Gasteiger partial charge is 0.343 e. The Kier molecular flexibility index (Phi) is 4.92. The van der Waals surface area contributed by atoms with Gasteiger partial charge in [-0.1, -0.05) is 18.2 Å². The summed E-state index contributed by atoms with van der Waals surface area (Å²) >= 11 is 1.77. The van der Waals surface area contributed by atoms with Crippen LogP contribution in [0, 0.1) is 0 Å². The highest BCUT2D eigenvalue weighted by Gasteiger charge is 2.11. The fourth-order valence-electron chi connectivity index (χ4n) is 2.21. The molecule has 1 aromatic heterocycles. The van der Waals surface area contributed by atoms with Gasteiger partial charge >= 0.3 is 5.97 Å². The molecule has 5 nitrogen and oxygen atoms in total. The van der Waals surface area contributed by atoms with Crippen LogP contribution >= 0.6 is 11.8 Å². The summed E-state index contributed by atoms with van der Waals surface area (Å²) in [5, 5.41) is 1.13. The number of thioether (sulfide) groups is 1. The lowest BCUT2D eigenvalue weighted by molar-refractivity contribution is 0.0732. The molecule has 23 heavy (non-hydrogen) atoms. The standard InChI is InChI=1S/C17H16N2O3S/c20-14-6-9-19(10-7-16-18-8-11-23-16)12-15(14)22-17(21)13-4-2-1-3-5-13/h1-6,9,12H,7-8,10-11H2. The van der Waals surface area contributed by atoms with Crippen LogP contribution in [0.1, 0.15) is 16.8 Å². The molecular formula is C17H16N2O3S. The number of aryl methyl sites for hydroxylation is 1. The van der Waals surface area contributed by atoms with Crippen LogP contribution in [0.5, 0.6) is 5.75 Å².